The third kappa shape index (κ3) is 3.21. The summed E-state index contributed by atoms with van der Waals surface area (Å²) in [5.41, 5.74) is 2.91. The zero-order valence-electron chi connectivity index (χ0n) is 16.2. The molecule has 3 heterocycles. The van der Waals surface area contributed by atoms with Crippen LogP contribution in [0.25, 0.3) is 21.9 Å². The molecule has 1 unspecified atom stereocenters. The molecule has 4 aromatic rings. The third-order valence-electron chi connectivity index (χ3n) is 5.67. The second-order valence-corrected chi connectivity index (χ2v) is 8.69. The number of fused-ring (bicyclic) bond motifs is 3. The van der Waals surface area contributed by atoms with Crippen molar-refractivity contribution in [2.75, 3.05) is 13.7 Å². The number of nitrogens with zero attached hydrogens (tertiary/aromatic N) is 2. The van der Waals surface area contributed by atoms with Gasteiger partial charge in [-0.05, 0) is 52.4 Å². The Morgan fingerprint density at radius 2 is 2.17 bits per heavy atom. The summed E-state index contributed by atoms with van der Waals surface area (Å²) in [6.45, 7) is 0.802. The first-order chi connectivity index (χ1) is 14.5. The standard InChI is InChI=1S/C23H18FIN2O3/c1-29-19-5-4-16(22-17-6-7-26-10-20(17)30-23(19)22)14-8-21(28)27(12-14)11-13-2-3-15(25)9-18(13)24/h2-7,9-10,14H,8,11-12H2,1H3. The molecule has 1 atom stereocenters. The van der Waals surface area contributed by atoms with Gasteiger partial charge in [0.15, 0.2) is 16.9 Å². The molecule has 0 bridgehead atoms. The largest absolute Gasteiger partial charge is 0.493 e. The van der Waals surface area contributed by atoms with E-state index in [9.17, 15) is 9.18 Å². The number of likely N-dealkylation sites (tertiary alicyclic amines) is 1. The van der Waals surface area contributed by atoms with Crippen molar-refractivity contribution in [3.05, 3.63) is 69.3 Å². The maximum Gasteiger partial charge on any atom is 0.223 e. The number of carbonyl (C=O) groups excluding carboxylic acids is 1. The monoisotopic (exact) mass is 516 g/mol. The van der Waals surface area contributed by atoms with Gasteiger partial charge < -0.3 is 14.1 Å². The maximum atomic E-state index is 14.3. The lowest BCUT2D eigenvalue weighted by molar-refractivity contribution is -0.128. The van der Waals surface area contributed by atoms with Crippen molar-refractivity contribution in [1.82, 2.24) is 9.88 Å². The number of aromatic nitrogens is 1. The number of carbonyl (C=O) groups is 1. The number of pyridine rings is 1. The maximum absolute atomic E-state index is 14.3. The van der Waals surface area contributed by atoms with Crippen molar-refractivity contribution in [2.45, 2.75) is 18.9 Å². The van der Waals surface area contributed by atoms with Gasteiger partial charge in [0, 0.05) is 51.5 Å². The van der Waals surface area contributed by atoms with Crippen molar-refractivity contribution in [1.29, 1.82) is 0 Å². The number of methoxy groups -OCH3 is 1. The van der Waals surface area contributed by atoms with Gasteiger partial charge in [0.05, 0.1) is 13.3 Å². The van der Waals surface area contributed by atoms with E-state index < -0.39 is 0 Å². The van der Waals surface area contributed by atoms with Crippen LogP contribution in [0.2, 0.25) is 0 Å². The van der Waals surface area contributed by atoms with Gasteiger partial charge in [-0.2, -0.15) is 0 Å². The predicted molar refractivity (Wildman–Crippen MR) is 120 cm³/mol. The molecule has 0 radical (unpaired) electrons. The zero-order chi connectivity index (χ0) is 20.8. The normalized spacial score (nSPS) is 16.7. The predicted octanol–water partition coefficient (Wildman–Crippen LogP) is 5.25. The summed E-state index contributed by atoms with van der Waals surface area (Å²) in [6, 6.07) is 10.9. The van der Waals surface area contributed by atoms with Crippen LogP contribution in [0.15, 0.2) is 53.2 Å². The number of halogens is 2. The first-order valence-corrected chi connectivity index (χ1v) is 10.7. The fourth-order valence-electron chi connectivity index (χ4n) is 4.23. The summed E-state index contributed by atoms with van der Waals surface area (Å²) in [7, 11) is 1.61. The van der Waals surface area contributed by atoms with Crippen molar-refractivity contribution in [3.8, 4) is 5.75 Å². The lowest BCUT2D eigenvalue weighted by atomic mass is 9.93. The van der Waals surface area contributed by atoms with Gasteiger partial charge in [-0.25, -0.2) is 4.39 Å². The van der Waals surface area contributed by atoms with E-state index in [0.717, 1.165) is 19.9 Å². The van der Waals surface area contributed by atoms with Crippen LogP contribution in [-0.4, -0.2) is 29.4 Å². The first-order valence-electron chi connectivity index (χ1n) is 9.60. The topological polar surface area (TPSA) is 55.6 Å². The molecule has 2 aromatic carbocycles. The van der Waals surface area contributed by atoms with E-state index >= 15 is 0 Å². The van der Waals surface area contributed by atoms with E-state index in [4.69, 9.17) is 9.15 Å². The molecule has 1 amide bonds. The summed E-state index contributed by atoms with van der Waals surface area (Å²) < 4.78 is 26.6. The summed E-state index contributed by atoms with van der Waals surface area (Å²) >= 11 is 2.08. The van der Waals surface area contributed by atoms with Crippen LogP contribution in [0, 0.1) is 9.39 Å². The molecular weight excluding hydrogens is 498 g/mol. The molecule has 30 heavy (non-hydrogen) atoms. The van der Waals surface area contributed by atoms with E-state index in [1.807, 2.05) is 24.3 Å². The average molecular weight is 516 g/mol. The SMILES string of the molecule is COc1ccc(C2CC(=O)N(Cc3ccc(I)cc3F)C2)c2c1oc1cnccc12. The van der Waals surface area contributed by atoms with E-state index in [-0.39, 0.29) is 24.2 Å². The summed E-state index contributed by atoms with van der Waals surface area (Å²) in [6.07, 6.45) is 3.79. The molecule has 0 aliphatic carbocycles. The molecule has 1 aliphatic rings. The average Bonchev–Trinajstić information content (AvgIpc) is 3.30. The number of benzene rings is 2. The molecule has 5 nitrogen and oxygen atoms in total. The minimum atomic E-state index is -0.279. The van der Waals surface area contributed by atoms with Crippen LogP contribution < -0.4 is 4.74 Å². The quantitative estimate of drug-likeness (QED) is 0.348. The molecular formula is C23H18FIN2O3. The molecule has 1 saturated heterocycles. The minimum absolute atomic E-state index is 0.00761. The number of hydrogen-bond donors (Lipinski definition) is 0. The lowest BCUT2D eigenvalue weighted by Gasteiger charge is -2.18. The molecule has 0 N–H and O–H groups in total. The molecule has 1 aliphatic heterocycles. The highest BCUT2D eigenvalue weighted by atomic mass is 127. The van der Waals surface area contributed by atoms with Crippen LogP contribution in [0.1, 0.15) is 23.5 Å². The Morgan fingerprint density at radius 3 is 2.97 bits per heavy atom. The highest BCUT2D eigenvalue weighted by Gasteiger charge is 2.33. The Morgan fingerprint density at radius 1 is 1.30 bits per heavy atom. The molecule has 5 rings (SSSR count). The fraction of sp³-hybridized carbons (Fsp3) is 0.217. The summed E-state index contributed by atoms with van der Waals surface area (Å²) in [4.78, 5) is 18.6. The minimum Gasteiger partial charge on any atom is -0.493 e. The highest BCUT2D eigenvalue weighted by molar-refractivity contribution is 14.1. The van der Waals surface area contributed by atoms with Crippen molar-refractivity contribution in [3.63, 3.8) is 0 Å². The van der Waals surface area contributed by atoms with Crippen LogP contribution >= 0.6 is 22.6 Å². The van der Waals surface area contributed by atoms with Crippen LogP contribution in [0.3, 0.4) is 0 Å². The molecule has 0 saturated carbocycles. The van der Waals surface area contributed by atoms with Crippen molar-refractivity contribution < 1.29 is 18.3 Å². The zero-order valence-corrected chi connectivity index (χ0v) is 18.4. The van der Waals surface area contributed by atoms with Gasteiger partial charge in [0.2, 0.25) is 5.91 Å². The van der Waals surface area contributed by atoms with Gasteiger partial charge >= 0.3 is 0 Å². The van der Waals surface area contributed by atoms with E-state index in [1.165, 1.54) is 6.07 Å². The Balaban J connectivity index is 1.52. The number of ether oxygens (including phenoxy) is 1. The van der Waals surface area contributed by atoms with Crippen molar-refractivity contribution >= 4 is 50.4 Å². The van der Waals surface area contributed by atoms with Gasteiger partial charge in [0.1, 0.15) is 5.82 Å². The summed E-state index contributed by atoms with van der Waals surface area (Å²) in [5.74, 6) is 0.383. The van der Waals surface area contributed by atoms with Crippen LogP contribution in [0.5, 0.6) is 5.75 Å². The Kier molecular flexibility index (Phi) is 4.85. The lowest BCUT2D eigenvalue weighted by Crippen LogP contribution is -2.25. The number of hydrogen-bond acceptors (Lipinski definition) is 4. The molecule has 0 spiro atoms. The Bertz CT molecular complexity index is 1290. The highest BCUT2D eigenvalue weighted by Crippen LogP contribution is 2.42. The fourth-order valence-corrected chi connectivity index (χ4v) is 4.68. The van der Waals surface area contributed by atoms with Crippen molar-refractivity contribution in [2.24, 2.45) is 0 Å². The Labute approximate surface area is 186 Å². The third-order valence-corrected chi connectivity index (χ3v) is 6.34. The molecule has 7 heteroatoms. The Hall–Kier alpha value is -2.68. The number of furan rings is 1. The second kappa shape index (κ2) is 7.54. The second-order valence-electron chi connectivity index (χ2n) is 7.45. The smallest absolute Gasteiger partial charge is 0.223 e. The van der Waals surface area contributed by atoms with Crippen LogP contribution in [-0.2, 0) is 11.3 Å². The van der Waals surface area contributed by atoms with Gasteiger partial charge in [-0.1, -0.05) is 12.1 Å². The molecule has 152 valence electrons. The summed E-state index contributed by atoms with van der Waals surface area (Å²) in [5, 5.41) is 1.90. The van der Waals surface area contributed by atoms with E-state index in [0.29, 0.717) is 35.4 Å². The molecule has 2 aromatic heterocycles. The van der Waals surface area contributed by atoms with Crippen LogP contribution in [0.4, 0.5) is 4.39 Å². The molecule has 1 fully saturated rings. The van der Waals surface area contributed by atoms with E-state index in [1.54, 1.807) is 30.5 Å². The number of amides is 1. The van der Waals surface area contributed by atoms with E-state index in [2.05, 4.69) is 27.6 Å². The van der Waals surface area contributed by atoms with Gasteiger partial charge in [-0.15, -0.1) is 0 Å². The number of rotatable bonds is 4. The van der Waals surface area contributed by atoms with Gasteiger partial charge in [0.25, 0.3) is 0 Å². The van der Waals surface area contributed by atoms with Gasteiger partial charge in [-0.3, -0.25) is 9.78 Å². The first kappa shape index (κ1) is 19.3.